The number of benzene rings is 1. The molecule has 0 saturated carbocycles. The summed E-state index contributed by atoms with van der Waals surface area (Å²) in [6.07, 6.45) is 1.78. The van der Waals surface area contributed by atoms with E-state index in [0.717, 1.165) is 10.0 Å². The number of hydrogen-bond donors (Lipinski definition) is 1. The quantitative estimate of drug-likeness (QED) is 0.834. The summed E-state index contributed by atoms with van der Waals surface area (Å²) in [4.78, 5) is 11.2. The summed E-state index contributed by atoms with van der Waals surface area (Å²) in [7, 11) is 0. The Balaban J connectivity index is 3.19. The highest BCUT2D eigenvalue weighted by molar-refractivity contribution is 9.10. The maximum atomic E-state index is 11.2. The molecule has 0 aliphatic carbocycles. The Kier molecular flexibility index (Phi) is 3.92. The van der Waals surface area contributed by atoms with E-state index in [-0.39, 0.29) is 5.41 Å². The van der Waals surface area contributed by atoms with Crippen molar-refractivity contribution in [3.8, 4) is 0 Å². The van der Waals surface area contributed by atoms with Gasteiger partial charge in [0.1, 0.15) is 0 Å². The molecule has 1 aromatic rings. The van der Waals surface area contributed by atoms with Gasteiger partial charge in [-0.25, -0.2) is 4.79 Å². The standard InChI is InChI=1S/C13H15BrO2/c1-13(2,3)8-11(12(15)16)9-4-6-10(14)7-5-9/h4-8H,1-3H3,(H,15,16)/b11-8+. The maximum absolute atomic E-state index is 11.2. The van der Waals surface area contributed by atoms with Crippen molar-refractivity contribution >= 4 is 27.5 Å². The van der Waals surface area contributed by atoms with E-state index in [0.29, 0.717) is 5.57 Å². The molecule has 0 saturated heterocycles. The maximum Gasteiger partial charge on any atom is 0.335 e. The number of aliphatic carboxylic acids is 1. The predicted molar refractivity (Wildman–Crippen MR) is 69.2 cm³/mol. The molecule has 2 nitrogen and oxygen atoms in total. The van der Waals surface area contributed by atoms with Gasteiger partial charge in [0.25, 0.3) is 0 Å². The predicted octanol–water partition coefficient (Wildman–Crippen LogP) is 3.96. The Morgan fingerprint density at radius 3 is 2.12 bits per heavy atom. The van der Waals surface area contributed by atoms with E-state index in [1.807, 2.05) is 32.9 Å². The highest BCUT2D eigenvalue weighted by atomic mass is 79.9. The van der Waals surface area contributed by atoms with Gasteiger partial charge >= 0.3 is 5.97 Å². The molecule has 1 aromatic carbocycles. The van der Waals surface area contributed by atoms with Crippen LogP contribution in [0.1, 0.15) is 26.3 Å². The van der Waals surface area contributed by atoms with Crippen LogP contribution in [0.4, 0.5) is 0 Å². The van der Waals surface area contributed by atoms with Crippen molar-refractivity contribution in [3.05, 3.63) is 40.4 Å². The lowest BCUT2D eigenvalue weighted by Crippen LogP contribution is -2.07. The SMILES string of the molecule is CC(C)(C)/C=C(/C(=O)O)c1ccc(Br)cc1. The minimum absolute atomic E-state index is 0.152. The Bertz CT molecular complexity index is 411. The van der Waals surface area contributed by atoms with Crippen LogP contribution in [0.3, 0.4) is 0 Å². The van der Waals surface area contributed by atoms with E-state index >= 15 is 0 Å². The number of carbonyl (C=O) groups is 1. The van der Waals surface area contributed by atoms with Gasteiger partial charge < -0.3 is 5.11 Å². The van der Waals surface area contributed by atoms with Crippen LogP contribution in [-0.2, 0) is 4.79 Å². The van der Waals surface area contributed by atoms with Crippen LogP contribution < -0.4 is 0 Å². The molecular formula is C13H15BrO2. The average molecular weight is 283 g/mol. The zero-order valence-electron chi connectivity index (χ0n) is 9.62. The smallest absolute Gasteiger partial charge is 0.335 e. The molecule has 0 atom stereocenters. The average Bonchev–Trinajstić information content (AvgIpc) is 2.14. The van der Waals surface area contributed by atoms with E-state index in [1.165, 1.54) is 0 Å². The van der Waals surface area contributed by atoms with E-state index in [4.69, 9.17) is 0 Å². The summed E-state index contributed by atoms with van der Waals surface area (Å²) in [5.74, 6) is -0.891. The molecule has 0 unspecified atom stereocenters. The zero-order valence-corrected chi connectivity index (χ0v) is 11.2. The second-order valence-electron chi connectivity index (χ2n) is 4.74. The molecular weight excluding hydrogens is 268 g/mol. The molecule has 0 amide bonds. The van der Waals surface area contributed by atoms with E-state index in [9.17, 15) is 9.90 Å². The van der Waals surface area contributed by atoms with Crippen LogP contribution in [0.25, 0.3) is 5.57 Å². The summed E-state index contributed by atoms with van der Waals surface area (Å²) < 4.78 is 0.941. The monoisotopic (exact) mass is 282 g/mol. The number of halogens is 1. The Labute approximate surface area is 104 Å². The van der Waals surface area contributed by atoms with Gasteiger partial charge in [0.2, 0.25) is 0 Å². The van der Waals surface area contributed by atoms with Crippen LogP contribution in [-0.4, -0.2) is 11.1 Å². The summed E-state index contributed by atoms with van der Waals surface area (Å²) in [5.41, 5.74) is 0.923. The molecule has 0 aliphatic heterocycles. The van der Waals surface area contributed by atoms with Gasteiger partial charge in [-0.1, -0.05) is 54.9 Å². The van der Waals surface area contributed by atoms with Crippen molar-refractivity contribution in [3.63, 3.8) is 0 Å². The normalized spacial score (nSPS) is 12.6. The van der Waals surface area contributed by atoms with Gasteiger partial charge in [0.05, 0.1) is 5.57 Å². The summed E-state index contributed by atoms with van der Waals surface area (Å²) >= 11 is 3.33. The third-order valence-corrected chi connectivity index (χ3v) is 2.49. The zero-order chi connectivity index (χ0) is 12.3. The second-order valence-corrected chi connectivity index (χ2v) is 5.65. The van der Waals surface area contributed by atoms with Crippen LogP contribution in [0.15, 0.2) is 34.8 Å². The Hall–Kier alpha value is -1.09. The molecule has 0 bridgehead atoms. The molecule has 0 fully saturated rings. The molecule has 0 aromatic heterocycles. The molecule has 0 heterocycles. The van der Waals surface area contributed by atoms with E-state index in [2.05, 4.69) is 15.9 Å². The lowest BCUT2D eigenvalue weighted by atomic mass is 9.91. The minimum atomic E-state index is -0.891. The van der Waals surface area contributed by atoms with E-state index in [1.54, 1.807) is 18.2 Å². The highest BCUT2D eigenvalue weighted by Crippen LogP contribution is 2.25. The van der Waals surface area contributed by atoms with Crippen molar-refractivity contribution in [2.75, 3.05) is 0 Å². The summed E-state index contributed by atoms with van der Waals surface area (Å²) in [6.45, 7) is 5.94. The van der Waals surface area contributed by atoms with Gasteiger partial charge in [0, 0.05) is 4.47 Å². The molecule has 0 radical (unpaired) electrons. The minimum Gasteiger partial charge on any atom is -0.478 e. The number of carboxylic acids is 1. The van der Waals surface area contributed by atoms with Crippen LogP contribution in [0.5, 0.6) is 0 Å². The van der Waals surface area contributed by atoms with Crippen LogP contribution >= 0.6 is 15.9 Å². The number of allylic oxidation sites excluding steroid dienone is 1. The third kappa shape index (κ3) is 3.81. The molecule has 0 spiro atoms. The number of carboxylic acid groups (broad SMARTS) is 1. The second kappa shape index (κ2) is 4.83. The molecule has 1 rings (SSSR count). The molecule has 1 N–H and O–H groups in total. The largest absolute Gasteiger partial charge is 0.478 e. The molecule has 86 valence electrons. The van der Waals surface area contributed by atoms with Gasteiger partial charge in [-0.15, -0.1) is 0 Å². The highest BCUT2D eigenvalue weighted by Gasteiger charge is 2.15. The number of rotatable bonds is 2. The fourth-order valence-electron chi connectivity index (χ4n) is 1.33. The Morgan fingerprint density at radius 2 is 1.75 bits per heavy atom. The molecule has 3 heteroatoms. The van der Waals surface area contributed by atoms with Gasteiger partial charge in [-0.2, -0.15) is 0 Å². The lowest BCUT2D eigenvalue weighted by molar-refractivity contribution is -0.130. The first kappa shape index (κ1) is 13.0. The van der Waals surface area contributed by atoms with Crippen molar-refractivity contribution in [2.45, 2.75) is 20.8 Å². The first-order valence-electron chi connectivity index (χ1n) is 5.02. The van der Waals surface area contributed by atoms with Crippen molar-refractivity contribution in [2.24, 2.45) is 5.41 Å². The third-order valence-electron chi connectivity index (χ3n) is 1.96. The summed E-state index contributed by atoms with van der Waals surface area (Å²) in [5, 5.41) is 9.18. The van der Waals surface area contributed by atoms with Crippen molar-refractivity contribution in [1.29, 1.82) is 0 Å². The van der Waals surface area contributed by atoms with Crippen LogP contribution in [0, 0.1) is 5.41 Å². The topological polar surface area (TPSA) is 37.3 Å². The molecule has 16 heavy (non-hydrogen) atoms. The summed E-state index contributed by atoms with van der Waals surface area (Å²) in [6, 6.07) is 7.29. The lowest BCUT2D eigenvalue weighted by Gasteiger charge is -2.14. The molecule has 0 aliphatic rings. The Morgan fingerprint density at radius 1 is 1.25 bits per heavy atom. The van der Waals surface area contributed by atoms with E-state index < -0.39 is 5.97 Å². The fraction of sp³-hybridized carbons (Fsp3) is 0.308. The van der Waals surface area contributed by atoms with Crippen LogP contribution in [0.2, 0.25) is 0 Å². The van der Waals surface area contributed by atoms with Gasteiger partial charge in [-0.05, 0) is 23.1 Å². The van der Waals surface area contributed by atoms with Crippen molar-refractivity contribution < 1.29 is 9.90 Å². The first-order valence-corrected chi connectivity index (χ1v) is 5.81. The fourth-order valence-corrected chi connectivity index (χ4v) is 1.60. The van der Waals surface area contributed by atoms with Gasteiger partial charge in [-0.3, -0.25) is 0 Å². The number of hydrogen-bond acceptors (Lipinski definition) is 1. The first-order chi connectivity index (χ1) is 7.29. The van der Waals surface area contributed by atoms with Crippen molar-refractivity contribution in [1.82, 2.24) is 0 Å². The van der Waals surface area contributed by atoms with Gasteiger partial charge in [0.15, 0.2) is 0 Å².